The Morgan fingerprint density at radius 3 is 2.61 bits per heavy atom. The van der Waals surface area contributed by atoms with Gasteiger partial charge in [0.2, 0.25) is 0 Å². The van der Waals surface area contributed by atoms with Gasteiger partial charge in [-0.2, -0.15) is 0 Å². The number of likely N-dealkylation sites (tertiary alicyclic amines) is 2. The lowest BCUT2D eigenvalue weighted by molar-refractivity contribution is 0.0111. The normalized spacial score (nSPS) is 25.3. The number of ether oxygens (including phenoxy) is 1. The van der Waals surface area contributed by atoms with Crippen LogP contribution in [0.5, 0.6) is 0 Å². The van der Waals surface area contributed by atoms with E-state index in [4.69, 9.17) is 4.74 Å². The van der Waals surface area contributed by atoms with Crippen LogP contribution < -0.4 is 0 Å². The lowest BCUT2D eigenvalue weighted by Crippen LogP contribution is -2.49. The summed E-state index contributed by atoms with van der Waals surface area (Å²) >= 11 is 0. The summed E-state index contributed by atoms with van der Waals surface area (Å²) < 4.78 is 5.52. The first-order chi connectivity index (χ1) is 10.9. The predicted octanol–water partition coefficient (Wildman–Crippen LogP) is 3.52. The van der Waals surface area contributed by atoms with Gasteiger partial charge >= 0.3 is 6.09 Å². The molecule has 3 rings (SSSR count). The summed E-state index contributed by atoms with van der Waals surface area (Å²) in [7, 11) is 0. The molecule has 2 aliphatic rings. The van der Waals surface area contributed by atoms with Crippen LogP contribution in [0.2, 0.25) is 0 Å². The molecule has 0 aromatic heterocycles. The molecule has 1 amide bonds. The first kappa shape index (κ1) is 16.3. The fourth-order valence-electron chi connectivity index (χ4n) is 3.79. The van der Waals surface area contributed by atoms with Crippen LogP contribution in [-0.4, -0.2) is 47.2 Å². The number of hydrogen-bond acceptors (Lipinski definition) is 3. The monoisotopic (exact) mass is 316 g/mol. The number of fused-ring (bicyclic) bond motifs is 1. The minimum atomic E-state index is -0.414. The fourth-order valence-corrected chi connectivity index (χ4v) is 3.79. The van der Waals surface area contributed by atoms with E-state index in [9.17, 15) is 4.79 Å². The highest BCUT2D eigenvalue weighted by atomic mass is 16.6. The molecule has 2 saturated heterocycles. The van der Waals surface area contributed by atoms with Gasteiger partial charge in [-0.3, -0.25) is 4.90 Å². The maximum absolute atomic E-state index is 12.3. The van der Waals surface area contributed by atoms with Gasteiger partial charge in [-0.15, -0.1) is 0 Å². The number of carbonyl (C=O) groups is 1. The van der Waals surface area contributed by atoms with Gasteiger partial charge in [-0.25, -0.2) is 4.79 Å². The quantitative estimate of drug-likeness (QED) is 0.837. The van der Waals surface area contributed by atoms with E-state index in [2.05, 4.69) is 35.2 Å². The maximum atomic E-state index is 12.3. The second-order valence-electron chi connectivity index (χ2n) is 7.79. The Morgan fingerprint density at radius 2 is 1.91 bits per heavy atom. The van der Waals surface area contributed by atoms with Crippen LogP contribution in [-0.2, 0) is 11.3 Å². The summed E-state index contributed by atoms with van der Waals surface area (Å²) in [6.07, 6.45) is 2.07. The molecule has 23 heavy (non-hydrogen) atoms. The molecule has 2 aliphatic heterocycles. The zero-order valence-corrected chi connectivity index (χ0v) is 14.5. The van der Waals surface area contributed by atoms with E-state index >= 15 is 0 Å². The largest absolute Gasteiger partial charge is 0.444 e. The molecule has 0 radical (unpaired) electrons. The molecule has 2 heterocycles. The fraction of sp³-hybridized carbons (Fsp3) is 0.632. The van der Waals surface area contributed by atoms with E-state index in [0.29, 0.717) is 12.0 Å². The standard InChI is InChI=1S/C19H28N2O2/c1-19(2,3)23-18(22)21-12-10-17-16(14-21)9-11-20(17)13-15-7-5-4-6-8-15/h4-8,16-17H,9-14H2,1-3H3. The first-order valence-corrected chi connectivity index (χ1v) is 8.68. The average Bonchev–Trinajstić information content (AvgIpc) is 2.89. The van der Waals surface area contributed by atoms with E-state index in [1.54, 1.807) is 0 Å². The van der Waals surface area contributed by atoms with E-state index < -0.39 is 5.60 Å². The van der Waals surface area contributed by atoms with Crippen LogP contribution in [0.1, 0.15) is 39.2 Å². The number of piperidine rings is 1. The third-order valence-corrected chi connectivity index (χ3v) is 4.83. The lowest BCUT2D eigenvalue weighted by Gasteiger charge is -2.38. The Kier molecular flexibility index (Phi) is 4.62. The van der Waals surface area contributed by atoms with E-state index in [1.807, 2.05) is 25.7 Å². The maximum Gasteiger partial charge on any atom is 0.410 e. The average molecular weight is 316 g/mol. The van der Waals surface area contributed by atoms with Crippen LogP contribution in [0.4, 0.5) is 4.79 Å². The molecule has 126 valence electrons. The van der Waals surface area contributed by atoms with Crippen molar-refractivity contribution in [3.8, 4) is 0 Å². The molecule has 2 atom stereocenters. The second-order valence-corrected chi connectivity index (χ2v) is 7.79. The molecular formula is C19H28N2O2. The Morgan fingerprint density at radius 1 is 1.17 bits per heavy atom. The van der Waals surface area contributed by atoms with E-state index in [0.717, 1.165) is 32.6 Å². The molecular weight excluding hydrogens is 288 g/mol. The van der Waals surface area contributed by atoms with Crippen molar-refractivity contribution in [1.82, 2.24) is 9.80 Å². The topological polar surface area (TPSA) is 32.8 Å². The molecule has 2 unspecified atom stereocenters. The van der Waals surface area contributed by atoms with Crippen molar-refractivity contribution in [2.45, 2.75) is 51.8 Å². The Hall–Kier alpha value is -1.55. The van der Waals surface area contributed by atoms with Crippen LogP contribution in [0.25, 0.3) is 0 Å². The van der Waals surface area contributed by atoms with Crippen molar-refractivity contribution in [2.24, 2.45) is 5.92 Å². The SMILES string of the molecule is CC(C)(C)OC(=O)N1CCC2C(CCN2Cc2ccccc2)C1. The summed E-state index contributed by atoms with van der Waals surface area (Å²) in [5.41, 5.74) is 0.964. The van der Waals surface area contributed by atoms with E-state index in [1.165, 1.54) is 12.0 Å². The molecule has 0 spiro atoms. The van der Waals surface area contributed by atoms with Gasteiger partial charge in [-0.05, 0) is 51.6 Å². The molecule has 1 aromatic carbocycles. The lowest BCUT2D eigenvalue weighted by atomic mass is 9.93. The van der Waals surface area contributed by atoms with Crippen LogP contribution in [0, 0.1) is 5.92 Å². The van der Waals surface area contributed by atoms with Crippen LogP contribution >= 0.6 is 0 Å². The molecule has 2 fully saturated rings. The van der Waals surface area contributed by atoms with Crippen LogP contribution in [0.3, 0.4) is 0 Å². The number of amides is 1. The number of nitrogens with zero attached hydrogens (tertiary/aromatic N) is 2. The van der Waals surface area contributed by atoms with Gasteiger partial charge in [0, 0.05) is 25.7 Å². The Balaban J connectivity index is 1.57. The van der Waals surface area contributed by atoms with Gasteiger partial charge in [0.05, 0.1) is 0 Å². The summed E-state index contributed by atoms with van der Waals surface area (Å²) in [6.45, 7) is 9.57. The molecule has 1 aromatic rings. The zero-order chi connectivity index (χ0) is 16.4. The first-order valence-electron chi connectivity index (χ1n) is 8.68. The number of benzene rings is 1. The van der Waals surface area contributed by atoms with Crippen molar-refractivity contribution >= 4 is 6.09 Å². The van der Waals surface area contributed by atoms with Gasteiger partial charge in [0.1, 0.15) is 5.60 Å². The van der Waals surface area contributed by atoms with Gasteiger partial charge in [0.25, 0.3) is 0 Å². The Labute approximate surface area is 139 Å². The minimum absolute atomic E-state index is 0.155. The summed E-state index contributed by atoms with van der Waals surface area (Å²) in [6, 6.07) is 11.3. The van der Waals surface area contributed by atoms with Crippen molar-refractivity contribution < 1.29 is 9.53 Å². The predicted molar refractivity (Wildman–Crippen MR) is 91.2 cm³/mol. The molecule has 4 heteroatoms. The van der Waals surface area contributed by atoms with Crippen LogP contribution in [0.15, 0.2) is 30.3 Å². The number of hydrogen-bond donors (Lipinski definition) is 0. The van der Waals surface area contributed by atoms with Gasteiger partial charge in [0.15, 0.2) is 0 Å². The second kappa shape index (κ2) is 6.52. The van der Waals surface area contributed by atoms with Crippen molar-refractivity contribution in [1.29, 1.82) is 0 Å². The summed E-state index contributed by atoms with van der Waals surface area (Å²) in [5.74, 6) is 0.583. The number of carbonyl (C=O) groups excluding carboxylic acids is 1. The van der Waals surface area contributed by atoms with E-state index in [-0.39, 0.29) is 6.09 Å². The molecule has 0 saturated carbocycles. The zero-order valence-electron chi connectivity index (χ0n) is 14.5. The molecule has 0 aliphatic carbocycles. The van der Waals surface area contributed by atoms with Crippen molar-refractivity contribution in [2.75, 3.05) is 19.6 Å². The molecule has 4 nitrogen and oxygen atoms in total. The molecule has 0 bridgehead atoms. The summed E-state index contributed by atoms with van der Waals surface area (Å²) in [5, 5.41) is 0. The van der Waals surface area contributed by atoms with Gasteiger partial charge in [-0.1, -0.05) is 30.3 Å². The molecule has 0 N–H and O–H groups in total. The third-order valence-electron chi connectivity index (χ3n) is 4.83. The third kappa shape index (κ3) is 4.05. The minimum Gasteiger partial charge on any atom is -0.444 e. The Bertz CT molecular complexity index is 538. The summed E-state index contributed by atoms with van der Waals surface area (Å²) in [4.78, 5) is 16.8. The highest BCUT2D eigenvalue weighted by Gasteiger charge is 2.40. The van der Waals surface area contributed by atoms with Crippen molar-refractivity contribution in [3.05, 3.63) is 35.9 Å². The highest BCUT2D eigenvalue weighted by Crippen LogP contribution is 2.33. The van der Waals surface area contributed by atoms with Crippen molar-refractivity contribution in [3.63, 3.8) is 0 Å². The van der Waals surface area contributed by atoms with Gasteiger partial charge < -0.3 is 9.64 Å². The highest BCUT2D eigenvalue weighted by molar-refractivity contribution is 5.68. The number of rotatable bonds is 2. The smallest absolute Gasteiger partial charge is 0.410 e.